The van der Waals surface area contributed by atoms with Gasteiger partial charge in [0.1, 0.15) is 0 Å². The van der Waals surface area contributed by atoms with Crippen LogP contribution < -0.4 is 0 Å². The highest BCUT2D eigenvalue weighted by Crippen LogP contribution is 1.73. The number of pyridine rings is 1. The Bertz CT molecular complexity index is 175. The summed E-state index contributed by atoms with van der Waals surface area (Å²) in [6, 6.07) is 5.72. The average Bonchev–Trinajstić information content (AvgIpc) is 2.18. The number of allylic oxidation sites excluding steroid dienone is 4. The summed E-state index contributed by atoms with van der Waals surface area (Å²) in [6.45, 7) is 4.00. The van der Waals surface area contributed by atoms with Gasteiger partial charge in [-0.2, -0.15) is 0 Å². The predicted molar refractivity (Wildman–Crippen MR) is 53.9 cm³/mol. The molecule has 1 heteroatoms. The molecule has 1 rings (SSSR count). The van der Waals surface area contributed by atoms with Crippen LogP contribution in [-0.4, -0.2) is 4.98 Å². The molecule has 1 nitrogen and oxygen atoms in total. The molecule has 1 aromatic rings. The van der Waals surface area contributed by atoms with Crippen LogP contribution in [0.2, 0.25) is 0 Å². The van der Waals surface area contributed by atoms with Crippen LogP contribution in [0.3, 0.4) is 0 Å². The lowest BCUT2D eigenvalue weighted by molar-refractivity contribution is 1.33. The van der Waals surface area contributed by atoms with Crippen LogP contribution in [0, 0.1) is 0 Å². The van der Waals surface area contributed by atoms with E-state index in [-0.39, 0.29) is 0 Å². The largest absolute Gasteiger partial charge is 0.265 e. The molecule has 0 atom stereocenters. The van der Waals surface area contributed by atoms with E-state index in [2.05, 4.69) is 4.98 Å². The van der Waals surface area contributed by atoms with E-state index in [1.807, 2.05) is 56.4 Å². The van der Waals surface area contributed by atoms with Crippen molar-refractivity contribution in [3.63, 3.8) is 0 Å². The van der Waals surface area contributed by atoms with Crippen LogP contribution in [0.5, 0.6) is 0 Å². The van der Waals surface area contributed by atoms with Crippen molar-refractivity contribution in [3.8, 4) is 0 Å². The standard InChI is InChI=1S/C6H10.C5H5N/c1-3-5-6-4-2;1-2-4-6-5-3-1/h3-6H,1-2H3;1-5H/b5-3-,6-4-;. The van der Waals surface area contributed by atoms with E-state index in [0.29, 0.717) is 0 Å². The number of rotatable bonds is 1. The molecule has 1 heterocycles. The highest BCUT2D eigenvalue weighted by Gasteiger charge is 1.58. The van der Waals surface area contributed by atoms with Crippen LogP contribution in [0.15, 0.2) is 54.9 Å². The van der Waals surface area contributed by atoms with E-state index in [1.54, 1.807) is 12.4 Å². The monoisotopic (exact) mass is 161 g/mol. The maximum atomic E-state index is 3.78. The second-order valence-electron chi connectivity index (χ2n) is 2.08. The van der Waals surface area contributed by atoms with E-state index in [1.165, 1.54) is 0 Å². The predicted octanol–water partition coefficient (Wildman–Crippen LogP) is 3.22. The normalized spacial score (nSPS) is 9.83. The van der Waals surface area contributed by atoms with Crippen molar-refractivity contribution < 1.29 is 0 Å². The summed E-state index contributed by atoms with van der Waals surface area (Å²) in [5.74, 6) is 0. The number of hydrogen-bond acceptors (Lipinski definition) is 1. The maximum Gasteiger partial charge on any atom is 0.0267 e. The van der Waals surface area contributed by atoms with Crippen LogP contribution in [0.25, 0.3) is 0 Å². The first-order valence-electron chi connectivity index (χ1n) is 4.00. The first-order valence-corrected chi connectivity index (χ1v) is 4.00. The average molecular weight is 161 g/mol. The Morgan fingerprint density at radius 1 is 0.833 bits per heavy atom. The van der Waals surface area contributed by atoms with Crippen LogP contribution in [-0.2, 0) is 0 Å². The molecule has 0 aliphatic rings. The lowest BCUT2D eigenvalue weighted by Gasteiger charge is -1.70. The van der Waals surface area contributed by atoms with Gasteiger partial charge in [-0.25, -0.2) is 0 Å². The van der Waals surface area contributed by atoms with Gasteiger partial charge >= 0.3 is 0 Å². The summed E-state index contributed by atoms with van der Waals surface area (Å²) in [6.07, 6.45) is 11.5. The Morgan fingerprint density at radius 3 is 1.50 bits per heavy atom. The van der Waals surface area contributed by atoms with Gasteiger partial charge in [-0.3, -0.25) is 4.98 Å². The second-order valence-corrected chi connectivity index (χ2v) is 2.08. The Labute approximate surface area is 74.5 Å². The number of aromatic nitrogens is 1. The molecule has 0 bridgehead atoms. The van der Waals surface area contributed by atoms with Gasteiger partial charge in [0.05, 0.1) is 0 Å². The van der Waals surface area contributed by atoms with E-state index in [4.69, 9.17) is 0 Å². The molecule has 0 unspecified atom stereocenters. The third-order valence-electron chi connectivity index (χ3n) is 1.06. The first kappa shape index (κ1) is 10.6. The molecule has 0 aliphatic heterocycles. The van der Waals surface area contributed by atoms with Gasteiger partial charge in [0.15, 0.2) is 0 Å². The van der Waals surface area contributed by atoms with E-state index in [0.717, 1.165) is 0 Å². The Morgan fingerprint density at radius 2 is 1.33 bits per heavy atom. The lowest BCUT2D eigenvalue weighted by atomic mass is 10.5. The highest BCUT2D eigenvalue weighted by molar-refractivity contribution is 4.98. The SMILES string of the molecule is C/C=C\C=C/C.c1ccncc1. The smallest absolute Gasteiger partial charge is 0.0267 e. The van der Waals surface area contributed by atoms with Gasteiger partial charge < -0.3 is 0 Å². The fourth-order valence-electron chi connectivity index (χ4n) is 0.535. The summed E-state index contributed by atoms with van der Waals surface area (Å²) in [5.41, 5.74) is 0. The molecule has 12 heavy (non-hydrogen) atoms. The fourth-order valence-corrected chi connectivity index (χ4v) is 0.535. The summed E-state index contributed by atoms with van der Waals surface area (Å²) < 4.78 is 0. The van der Waals surface area contributed by atoms with Crippen molar-refractivity contribution in [1.82, 2.24) is 4.98 Å². The Balaban J connectivity index is 0.000000202. The van der Waals surface area contributed by atoms with Crippen molar-refractivity contribution in [3.05, 3.63) is 54.9 Å². The van der Waals surface area contributed by atoms with Gasteiger partial charge in [0, 0.05) is 12.4 Å². The minimum absolute atomic E-state index is 1.75. The number of hydrogen-bond donors (Lipinski definition) is 0. The topological polar surface area (TPSA) is 12.9 Å². The third-order valence-corrected chi connectivity index (χ3v) is 1.06. The van der Waals surface area contributed by atoms with Gasteiger partial charge in [-0.05, 0) is 26.0 Å². The minimum Gasteiger partial charge on any atom is -0.265 e. The molecule has 0 saturated heterocycles. The zero-order chi connectivity index (χ0) is 9.07. The molecule has 0 aliphatic carbocycles. The van der Waals surface area contributed by atoms with Crippen LogP contribution in [0.1, 0.15) is 13.8 Å². The van der Waals surface area contributed by atoms with Crippen molar-refractivity contribution in [2.75, 3.05) is 0 Å². The first-order chi connectivity index (χ1) is 5.91. The van der Waals surface area contributed by atoms with Crippen molar-refractivity contribution in [1.29, 1.82) is 0 Å². The highest BCUT2D eigenvalue weighted by atomic mass is 14.6. The minimum atomic E-state index is 1.75. The molecular formula is C11H15N. The molecule has 0 radical (unpaired) electrons. The third kappa shape index (κ3) is 8.63. The molecule has 0 saturated carbocycles. The quantitative estimate of drug-likeness (QED) is 0.576. The summed E-state index contributed by atoms with van der Waals surface area (Å²) in [7, 11) is 0. The van der Waals surface area contributed by atoms with E-state index in [9.17, 15) is 0 Å². The second kappa shape index (κ2) is 9.63. The summed E-state index contributed by atoms with van der Waals surface area (Å²) in [5, 5.41) is 0. The van der Waals surface area contributed by atoms with Gasteiger partial charge in [-0.1, -0.05) is 30.4 Å². The molecule has 0 amide bonds. The van der Waals surface area contributed by atoms with Gasteiger partial charge in [-0.15, -0.1) is 0 Å². The molecule has 0 fully saturated rings. The molecule has 1 aromatic heterocycles. The Hall–Kier alpha value is -1.37. The Kier molecular flexibility index (Phi) is 8.53. The molecular weight excluding hydrogens is 146 g/mol. The van der Waals surface area contributed by atoms with Crippen LogP contribution >= 0.6 is 0 Å². The zero-order valence-electron chi connectivity index (χ0n) is 7.64. The van der Waals surface area contributed by atoms with Gasteiger partial charge in [0.25, 0.3) is 0 Å². The molecule has 64 valence electrons. The number of nitrogens with zero attached hydrogens (tertiary/aromatic N) is 1. The van der Waals surface area contributed by atoms with E-state index >= 15 is 0 Å². The van der Waals surface area contributed by atoms with Crippen molar-refractivity contribution in [2.45, 2.75) is 13.8 Å². The van der Waals surface area contributed by atoms with Crippen molar-refractivity contribution >= 4 is 0 Å². The zero-order valence-corrected chi connectivity index (χ0v) is 7.64. The van der Waals surface area contributed by atoms with E-state index < -0.39 is 0 Å². The lowest BCUT2D eigenvalue weighted by Crippen LogP contribution is -1.58. The summed E-state index contributed by atoms with van der Waals surface area (Å²) >= 11 is 0. The molecule has 0 aromatic carbocycles. The molecule has 0 N–H and O–H groups in total. The fraction of sp³-hybridized carbons (Fsp3) is 0.182. The van der Waals surface area contributed by atoms with Crippen LogP contribution in [0.4, 0.5) is 0 Å². The van der Waals surface area contributed by atoms with Crippen molar-refractivity contribution in [2.24, 2.45) is 0 Å². The van der Waals surface area contributed by atoms with Gasteiger partial charge in [0.2, 0.25) is 0 Å². The summed E-state index contributed by atoms with van der Waals surface area (Å²) in [4.78, 5) is 3.78. The molecule has 0 spiro atoms. The maximum absolute atomic E-state index is 3.78.